The van der Waals surface area contributed by atoms with E-state index in [4.69, 9.17) is 11.6 Å². The third-order valence-corrected chi connectivity index (χ3v) is 7.52. The van der Waals surface area contributed by atoms with Crippen molar-refractivity contribution in [2.75, 3.05) is 19.6 Å². The number of halogens is 1. The molecule has 31 heavy (non-hydrogen) atoms. The fraction of sp³-hybridized carbons (Fsp3) is 0.640. The Morgan fingerprint density at radius 2 is 1.90 bits per heavy atom. The van der Waals surface area contributed by atoms with Crippen LogP contribution in [0.1, 0.15) is 70.8 Å². The molecule has 1 amide bonds. The number of carbonyl (C=O) groups is 1. The van der Waals surface area contributed by atoms with Crippen LogP contribution in [0.5, 0.6) is 0 Å². The molecule has 1 spiro atoms. The molecule has 166 valence electrons. The fourth-order valence-electron chi connectivity index (χ4n) is 5.50. The summed E-state index contributed by atoms with van der Waals surface area (Å²) in [6, 6.07) is 8.41. The number of rotatable bonds is 2. The number of carbonyl (C=O) groups excluding carboxylic acids is 1. The third-order valence-electron chi connectivity index (χ3n) is 7.17. The van der Waals surface area contributed by atoms with E-state index in [2.05, 4.69) is 32.6 Å². The van der Waals surface area contributed by atoms with E-state index in [-0.39, 0.29) is 68.7 Å². The van der Waals surface area contributed by atoms with Gasteiger partial charge in [-0.1, -0.05) is 63.6 Å². The van der Waals surface area contributed by atoms with Crippen molar-refractivity contribution < 1.29 is 56.2 Å². The van der Waals surface area contributed by atoms with Crippen LogP contribution in [-0.2, 0) is 4.79 Å². The first-order valence-corrected chi connectivity index (χ1v) is 11.6. The van der Waals surface area contributed by atoms with E-state index in [9.17, 15) is 10.0 Å². The molecule has 3 fully saturated rings. The van der Waals surface area contributed by atoms with Gasteiger partial charge in [-0.15, -0.1) is 0 Å². The molecule has 2 aliphatic heterocycles. The summed E-state index contributed by atoms with van der Waals surface area (Å²) in [6.07, 6.45) is 8.46. The van der Waals surface area contributed by atoms with Crippen molar-refractivity contribution in [3.05, 3.63) is 52.7 Å². The van der Waals surface area contributed by atoms with E-state index >= 15 is 0 Å². The van der Waals surface area contributed by atoms with Crippen molar-refractivity contribution in [3.8, 4) is 0 Å². The molecular weight excluding hydrogens is 435 g/mol. The minimum Gasteiger partial charge on any atom is -0.785 e. The third kappa shape index (κ3) is 7.13. The summed E-state index contributed by atoms with van der Waals surface area (Å²) < 4.78 is 0. The Hall–Kier alpha value is 0.276. The van der Waals surface area contributed by atoms with Crippen LogP contribution in [0.25, 0.3) is 0 Å². The maximum Gasteiger partial charge on any atom is 1.00 e. The second-order valence-corrected chi connectivity index (χ2v) is 10.7. The number of hydrogen-bond acceptors (Lipinski definition) is 3. The van der Waals surface area contributed by atoms with E-state index in [0.29, 0.717) is 17.9 Å². The largest absolute Gasteiger partial charge is 1.00 e. The van der Waals surface area contributed by atoms with Gasteiger partial charge in [0.2, 0.25) is 5.91 Å². The molecule has 2 heterocycles. The Kier molecular flexibility index (Phi) is 10.3. The second-order valence-electron chi connectivity index (χ2n) is 10.3. The van der Waals surface area contributed by atoms with Crippen LogP contribution in [0.3, 0.4) is 0 Å². The first-order valence-electron chi connectivity index (χ1n) is 11.2. The van der Waals surface area contributed by atoms with E-state index in [1.54, 1.807) is 4.90 Å². The SMILES string of the molecule is C=CC(=O)N1CC2(CCN([O-])C(C)C2)C1.CC1(C)CCCC(c2ccccc2Cl)C1.[K+]. The number of nitrogens with zero attached hydrogens (tertiary/aromatic N) is 2. The summed E-state index contributed by atoms with van der Waals surface area (Å²) in [6.45, 7) is 12.4. The Morgan fingerprint density at radius 3 is 2.48 bits per heavy atom. The Balaban J connectivity index is 0.000000213. The molecule has 0 radical (unpaired) electrons. The normalized spacial score (nSPS) is 26.7. The summed E-state index contributed by atoms with van der Waals surface area (Å²) in [5.41, 5.74) is 2.06. The van der Waals surface area contributed by atoms with Gasteiger partial charge in [0.15, 0.2) is 0 Å². The van der Waals surface area contributed by atoms with E-state index in [1.165, 1.54) is 37.3 Å². The molecular formula is C25H36ClKN2O2. The van der Waals surface area contributed by atoms with Gasteiger partial charge < -0.3 is 15.2 Å². The van der Waals surface area contributed by atoms with Crippen LogP contribution in [-0.4, -0.2) is 41.5 Å². The van der Waals surface area contributed by atoms with Gasteiger partial charge in [-0.25, -0.2) is 0 Å². The van der Waals surface area contributed by atoms with Crippen LogP contribution in [0.4, 0.5) is 0 Å². The zero-order valence-corrected chi connectivity index (χ0v) is 23.6. The maximum absolute atomic E-state index is 11.3. The molecule has 4 rings (SSSR count). The Labute approximate surface area is 235 Å². The predicted molar refractivity (Wildman–Crippen MR) is 124 cm³/mol. The number of hydrogen-bond donors (Lipinski definition) is 0. The van der Waals surface area contributed by atoms with Crippen molar-refractivity contribution in [2.24, 2.45) is 10.8 Å². The fourth-order valence-corrected chi connectivity index (χ4v) is 5.79. The molecule has 4 nitrogen and oxygen atoms in total. The summed E-state index contributed by atoms with van der Waals surface area (Å²) >= 11 is 6.25. The van der Waals surface area contributed by atoms with Crippen LogP contribution in [0.2, 0.25) is 5.02 Å². The second kappa shape index (κ2) is 11.6. The average molecular weight is 471 g/mol. The smallest absolute Gasteiger partial charge is 0.785 e. The zero-order chi connectivity index (χ0) is 21.9. The quantitative estimate of drug-likeness (QED) is 0.493. The van der Waals surface area contributed by atoms with Gasteiger partial charge in [0.05, 0.1) is 0 Å². The van der Waals surface area contributed by atoms with Crippen LogP contribution >= 0.6 is 11.6 Å². The van der Waals surface area contributed by atoms with Crippen molar-refractivity contribution in [2.45, 2.75) is 71.3 Å². The minimum absolute atomic E-state index is 0. The monoisotopic (exact) mass is 470 g/mol. The Bertz CT molecular complexity index is 764. The molecule has 2 saturated heterocycles. The summed E-state index contributed by atoms with van der Waals surface area (Å²) in [5, 5.41) is 13.4. The van der Waals surface area contributed by atoms with Crippen molar-refractivity contribution in [3.63, 3.8) is 0 Å². The van der Waals surface area contributed by atoms with E-state index < -0.39 is 0 Å². The standard InChI is InChI=1S/C14H19Cl.C11H17N2O2.K/c1-14(2)9-5-6-11(10-14)12-7-3-4-8-13(12)15;1-3-10(14)12-7-11(8-12)4-5-13(15)9(2)6-11;/h3-4,7-8,11H,5-6,9-10H2,1-2H3;3,9H,1,4-8H2,2H3;/q;-1;+1. The molecule has 6 heteroatoms. The van der Waals surface area contributed by atoms with Crippen molar-refractivity contribution >= 4 is 17.5 Å². The maximum atomic E-state index is 11.3. The first kappa shape index (κ1) is 27.5. The van der Waals surface area contributed by atoms with E-state index in [1.807, 2.05) is 19.1 Å². The number of piperidine rings is 1. The molecule has 1 aliphatic carbocycles. The first-order chi connectivity index (χ1) is 14.1. The van der Waals surface area contributed by atoms with Gasteiger partial charge in [0.25, 0.3) is 0 Å². The minimum atomic E-state index is 0. The number of amides is 1. The van der Waals surface area contributed by atoms with Crippen molar-refractivity contribution in [1.82, 2.24) is 9.96 Å². The summed E-state index contributed by atoms with van der Waals surface area (Å²) in [4.78, 5) is 13.1. The van der Waals surface area contributed by atoms with Gasteiger partial charge in [0.1, 0.15) is 0 Å². The molecule has 1 saturated carbocycles. The van der Waals surface area contributed by atoms with E-state index in [0.717, 1.165) is 36.0 Å². The number of likely N-dealkylation sites (tertiary alicyclic amines) is 1. The zero-order valence-electron chi connectivity index (χ0n) is 19.7. The summed E-state index contributed by atoms with van der Waals surface area (Å²) in [5.74, 6) is 0.681. The van der Waals surface area contributed by atoms with Gasteiger partial charge in [-0.05, 0) is 73.7 Å². The molecule has 1 aromatic carbocycles. The number of hydroxylamine groups is 2. The molecule has 1 aromatic rings. The van der Waals surface area contributed by atoms with Gasteiger partial charge in [-0.2, -0.15) is 0 Å². The van der Waals surface area contributed by atoms with Crippen molar-refractivity contribution in [1.29, 1.82) is 0 Å². The molecule has 0 bridgehead atoms. The molecule has 0 aromatic heterocycles. The average Bonchev–Trinajstić information content (AvgIpc) is 2.68. The topological polar surface area (TPSA) is 46.6 Å². The molecule has 2 atom stereocenters. The van der Waals surface area contributed by atoms with Gasteiger partial charge in [0, 0.05) is 23.5 Å². The van der Waals surface area contributed by atoms with Gasteiger partial charge in [-0.3, -0.25) is 4.79 Å². The summed E-state index contributed by atoms with van der Waals surface area (Å²) in [7, 11) is 0. The number of benzene rings is 1. The molecule has 0 N–H and O–H groups in total. The molecule has 3 aliphatic rings. The van der Waals surface area contributed by atoms with Crippen LogP contribution in [0.15, 0.2) is 36.9 Å². The van der Waals surface area contributed by atoms with Crippen LogP contribution < -0.4 is 51.4 Å². The Morgan fingerprint density at radius 1 is 1.23 bits per heavy atom. The van der Waals surface area contributed by atoms with Gasteiger partial charge >= 0.3 is 51.4 Å². The predicted octanol–water partition coefficient (Wildman–Crippen LogP) is 3.01. The molecule has 2 unspecified atom stereocenters. The van der Waals surface area contributed by atoms with Crippen LogP contribution in [0, 0.1) is 16.0 Å².